The molecular weight excluding hydrogens is 222 g/mol. The van der Waals surface area contributed by atoms with Crippen molar-refractivity contribution in [3.63, 3.8) is 0 Å². The number of piperidine rings is 1. The van der Waals surface area contributed by atoms with Gasteiger partial charge in [-0.1, -0.05) is 33.6 Å². The topological polar surface area (TPSA) is 23.5 Å². The molecule has 1 rings (SSSR count). The quantitative estimate of drug-likeness (QED) is 0.806. The summed E-state index contributed by atoms with van der Waals surface area (Å²) in [6, 6.07) is 0. The lowest BCUT2D eigenvalue weighted by Crippen LogP contribution is -2.59. The fraction of sp³-hybridized carbons (Fsp3) is 1.00. The van der Waals surface area contributed by atoms with E-state index in [-0.39, 0.29) is 17.2 Å². The standard InChI is InChI=1S/C10H21NO.C6H14/c1-9(2)6-8(12)7-10(3,4)11(9)5;1-4-6(3)5-2/h8,12H,6-7H2,1-5H3;6H,4-5H2,1-3H3. The molecule has 1 fully saturated rings. The average molecular weight is 257 g/mol. The third-order valence-electron chi connectivity index (χ3n) is 4.68. The van der Waals surface area contributed by atoms with Gasteiger partial charge < -0.3 is 5.11 Å². The van der Waals surface area contributed by atoms with Crippen molar-refractivity contribution in [3.05, 3.63) is 0 Å². The maximum atomic E-state index is 9.67. The number of likely N-dealkylation sites (tertiary alicyclic amines) is 1. The van der Waals surface area contributed by atoms with E-state index in [9.17, 15) is 5.11 Å². The number of aliphatic hydroxyl groups is 1. The van der Waals surface area contributed by atoms with Crippen molar-refractivity contribution in [2.24, 2.45) is 5.92 Å². The van der Waals surface area contributed by atoms with Crippen molar-refractivity contribution in [1.82, 2.24) is 4.90 Å². The van der Waals surface area contributed by atoms with Crippen LogP contribution in [-0.4, -0.2) is 34.2 Å². The molecule has 2 nitrogen and oxygen atoms in total. The van der Waals surface area contributed by atoms with Gasteiger partial charge in [0.2, 0.25) is 0 Å². The molecule has 2 heteroatoms. The Bertz CT molecular complexity index is 213. The Morgan fingerprint density at radius 1 is 1.06 bits per heavy atom. The van der Waals surface area contributed by atoms with Gasteiger partial charge in [-0.3, -0.25) is 4.90 Å². The Morgan fingerprint density at radius 2 is 1.39 bits per heavy atom. The molecule has 0 spiro atoms. The second-order valence-electron chi connectivity index (χ2n) is 7.17. The molecule has 0 atom stereocenters. The van der Waals surface area contributed by atoms with E-state index >= 15 is 0 Å². The van der Waals surface area contributed by atoms with Crippen LogP contribution in [0.5, 0.6) is 0 Å². The molecule has 1 aliphatic heterocycles. The second kappa shape index (κ2) is 6.91. The van der Waals surface area contributed by atoms with E-state index in [1.54, 1.807) is 0 Å². The summed E-state index contributed by atoms with van der Waals surface area (Å²) >= 11 is 0. The molecule has 0 bridgehead atoms. The van der Waals surface area contributed by atoms with E-state index in [0.29, 0.717) is 0 Å². The molecule has 0 aliphatic carbocycles. The van der Waals surface area contributed by atoms with E-state index in [4.69, 9.17) is 0 Å². The van der Waals surface area contributed by atoms with Crippen LogP contribution in [0.25, 0.3) is 0 Å². The van der Waals surface area contributed by atoms with Crippen molar-refractivity contribution < 1.29 is 5.11 Å². The fourth-order valence-corrected chi connectivity index (χ4v) is 2.61. The lowest BCUT2D eigenvalue weighted by molar-refractivity contribution is -0.0641. The van der Waals surface area contributed by atoms with Crippen LogP contribution in [-0.2, 0) is 0 Å². The van der Waals surface area contributed by atoms with Crippen LogP contribution in [0.15, 0.2) is 0 Å². The number of nitrogens with zero attached hydrogens (tertiary/aromatic N) is 1. The highest BCUT2D eigenvalue weighted by molar-refractivity contribution is 4.98. The molecule has 110 valence electrons. The van der Waals surface area contributed by atoms with Gasteiger partial charge in [0, 0.05) is 11.1 Å². The summed E-state index contributed by atoms with van der Waals surface area (Å²) in [6.45, 7) is 15.5. The minimum Gasteiger partial charge on any atom is -0.393 e. The van der Waals surface area contributed by atoms with Crippen molar-refractivity contribution in [1.29, 1.82) is 0 Å². The predicted molar refractivity (Wildman–Crippen MR) is 80.9 cm³/mol. The predicted octanol–water partition coefficient (Wildman–Crippen LogP) is 4.07. The summed E-state index contributed by atoms with van der Waals surface area (Å²) in [5, 5.41) is 9.67. The Labute approximate surface area is 115 Å². The number of hydrogen-bond donors (Lipinski definition) is 1. The molecule has 0 radical (unpaired) electrons. The zero-order valence-corrected chi connectivity index (χ0v) is 13.9. The van der Waals surface area contributed by atoms with Crippen molar-refractivity contribution >= 4 is 0 Å². The Morgan fingerprint density at radius 3 is 1.61 bits per heavy atom. The van der Waals surface area contributed by atoms with Crippen LogP contribution in [0, 0.1) is 5.92 Å². The molecule has 0 aromatic rings. The molecule has 1 N–H and O–H groups in total. The molecule has 1 saturated heterocycles. The van der Waals surface area contributed by atoms with Crippen LogP contribution in [0.2, 0.25) is 0 Å². The molecule has 0 saturated carbocycles. The van der Waals surface area contributed by atoms with Gasteiger partial charge in [-0.05, 0) is 53.5 Å². The summed E-state index contributed by atoms with van der Waals surface area (Å²) < 4.78 is 0. The maximum absolute atomic E-state index is 9.67. The fourth-order valence-electron chi connectivity index (χ4n) is 2.61. The number of hydrogen-bond acceptors (Lipinski definition) is 2. The smallest absolute Gasteiger partial charge is 0.0575 e. The lowest BCUT2D eigenvalue weighted by atomic mass is 9.79. The van der Waals surface area contributed by atoms with Crippen LogP contribution >= 0.6 is 0 Å². The first kappa shape index (κ1) is 17.9. The summed E-state index contributed by atoms with van der Waals surface area (Å²) in [5.74, 6) is 0.935. The van der Waals surface area contributed by atoms with Crippen LogP contribution in [0.3, 0.4) is 0 Å². The van der Waals surface area contributed by atoms with E-state index in [1.807, 2.05) is 0 Å². The highest BCUT2D eigenvalue weighted by Crippen LogP contribution is 2.36. The molecular formula is C16H35NO. The Kier molecular flexibility index (Phi) is 6.87. The summed E-state index contributed by atoms with van der Waals surface area (Å²) in [5.41, 5.74) is 0.252. The van der Waals surface area contributed by atoms with Crippen LogP contribution < -0.4 is 0 Å². The SMILES string of the molecule is CCC(C)CC.CN1C(C)(C)CC(O)CC1(C)C. The first-order chi connectivity index (χ1) is 8.06. The third-order valence-corrected chi connectivity index (χ3v) is 4.68. The molecule has 1 aliphatic rings. The summed E-state index contributed by atoms with van der Waals surface area (Å²) in [6.07, 6.45) is 4.29. The van der Waals surface area contributed by atoms with Gasteiger partial charge in [-0.2, -0.15) is 0 Å². The molecule has 18 heavy (non-hydrogen) atoms. The van der Waals surface area contributed by atoms with Crippen LogP contribution in [0.4, 0.5) is 0 Å². The number of rotatable bonds is 2. The van der Waals surface area contributed by atoms with E-state index < -0.39 is 0 Å². The van der Waals surface area contributed by atoms with Crippen LogP contribution in [0.1, 0.15) is 74.1 Å². The molecule has 0 aromatic carbocycles. The van der Waals surface area contributed by atoms with Gasteiger partial charge in [-0.15, -0.1) is 0 Å². The van der Waals surface area contributed by atoms with Gasteiger partial charge in [0.1, 0.15) is 0 Å². The highest BCUT2D eigenvalue weighted by Gasteiger charge is 2.42. The maximum Gasteiger partial charge on any atom is 0.0575 e. The van der Waals surface area contributed by atoms with Crippen molar-refractivity contribution in [3.8, 4) is 0 Å². The molecule has 1 heterocycles. The minimum atomic E-state index is -0.133. The van der Waals surface area contributed by atoms with Crippen molar-refractivity contribution in [2.45, 2.75) is 91.3 Å². The first-order valence-electron chi connectivity index (χ1n) is 7.48. The highest BCUT2D eigenvalue weighted by atomic mass is 16.3. The minimum absolute atomic E-state index is 0.126. The third kappa shape index (κ3) is 5.27. The Hall–Kier alpha value is -0.0800. The van der Waals surface area contributed by atoms with Gasteiger partial charge >= 0.3 is 0 Å². The van der Waals surface area contributed by atoms with E-state index in [1.165, 1.54) is 12.8 Å². The zero-order chi connectivity index (χ0) is 14.6. The van der Waals surface area contributed by atoms with Crippen molar-refractivity contribution in [2.75, 3.05) is 7.05 Å². The molecule has 0 unspecified atom stereocenters. The van der Waals surface area contributed by atoms with E-state index in [0.717, 1.165) is 18.8 Å². The first-order valence-corrected chi connectivity index (χ1v) is 7.48. The zero-order valence-electron chi connectivity index (χ0n) is 13.9. The van der Waals surface area contributed by atoms with Gasteiger partial charge in [0.15, 0.2) is 0 Å². The van der Waals surface area contributed by atoms with Gasteiger partial charge in [0.25, 0.3) is 0 Å². The number of aliphatic hydroxyl groups excluding tert-OH is 1. The summed E-state index contributed by atoms with van der Waals surface area (Å²) in [7, 11) is 2.14. The second-order valence-corrected chi connectivity index (χ2v) is 7.17. The lowest BCUT2D eigenvalue weighted by Gasteiger charge is -2.52. The monoisotopic (exact) mass is 257 g/mol. The molecule has 0 aromatic heterocycles. The van der Waals surface area contributed by atoms with E-state index in [2.05, 4.69) is 60.4 Å². The normalized spacial score (nSPS) is 23.7. The Balaban J connectivity index is 0.000000411. The van der Waals surface area contributed by atoms with Gasteiger partial charge in [0.05, 0.1) is 6.10 Å². The summed E-state index contributed by atoms with van der Waals surface area (Å²) in [4.78, 5) is 2.37. The van der Waals surface area contributed by atoms with Gasteiger partial charge in [-0.25, -0.2) is 0 Å². The largest absolute Gasteiger partial charge is 0.393 e. The average Bonchev–Trinajstić information content (AvgIpc) is 2.24. The molecule has 0 amide bonds.